The zero-order chi connectivity index (χ0) is 15.4. The third-order valence-corrected chi connectivity index (χ3v) is 5.12. The van der Waals surface area contributed by atoms with Crippen LogP contribution in [0, 0.1) is 0 Å². The van der Waals surface area contributed by atoms with E-state index < -0.39 is 0 Å². The summed E-state index contributed by atoms with van der Waals surface area (Å²) in [6.45, 7) is 5.29. The van der Waals surface area contributed by atoms with Crippen molar-refractivity contribution in [2.45, 2.75) is 44.4 Å². The van der Waals surface area contributed by atoms with E-state index in [1.807, 2.05) is 0 Å². The first-order chi connectivity index (χ1) is 10.8. The summed E-state index contributed by atoms with van der Waals surface area (Å²) in [6, 6.07) is 8.86. The van der Waals surface area contributed by atoms with E-state index in [0.717, 1.165) is 11.3 Å². The number of hydrogen-bond acceptors (Lipinski definition) is 4. The second-order valence-corrected chi connectivity index (χ2v) is 6.70. The summed E-state index contributed by atoms with van der Waals surface area (Å²) in [4.78, 5) is 5.07. The van der Waals surface area contributed by atoms with Crippen LogP contribution in [0.1, 0.15) is 31.2 Å². The predicted molar refractivity (Wildman–Crippen MR) is 90.1 cm³/mol. The summed E-state index contributed by atoms with van der Waals surface area (Å²) in [7, 11) is 2.21. The molecule has 1 aliphatic heterocycles. The maximum absolute atomic E-state index is 6.35. The molecule has 22 heavy (non-hydrogen) atoms. The van der Waals surface area contributed by atoms with Gasteiger partial charge in [0.25, 0.3) is 0 Å². The Morgan fingerprint density at radius 1 is 1.05 bits per heavy atom. The zero-order valence-corrected chi connectivity index (χ0v) is 13.7. The maximum atomic E-state index is 6.35. The molecule has 0 aromatic heterocycles. The Labute approximate surface area is 134 Å². The Bertz CT molecular complexity index is 454. The first-order valence-corrected chi connectivity index (χ1v) is 8.64. The lowest BCUT2D eigenvalue weighted by atomic mass is 9.90. The fourth-order valence-corrected chi connectivity index (χ4v) is 3.66. The van der Waals surface area contributed by atoms with Gasteiger partial charge in [0, 0.05) is 38.8 Å². The molecule has 0 spiro atoms. The van der Waals surface area contributed by atoms with Gasteiger partial charge in [0.05, 0.1) is 0 Å². The summed E-state index contributed by atoms with van der Waals surface area (Å²) >= 11 is 0. The summed E-state index contributed by atoms with van der Waals surface area (Å²) in [5.74, 6) is 0.989. The first kappa shape index (κ1) is 15.8. The van der Waals surface area contributed by atoms with Gasteiger partial charge in [0.1, 0.15) is 11.9 Å². The quantitative estimate of drug-likeness (QED) is 0.925. The number of piperazine rings is 1. The molecular formula is C18H29N3O. The third-order valence-electron chi connectivity index (χ3n) is 5.12. The van der Waals surface area contributed by atoms with E-state index in [2.05, 4.69) is 41.1 Å². The summed E-state index contributed by atoms with van der Waals surface area (Å²) in [5, 5.41) is 0. The van der Waals surface area contributed by atoms with Crippen molar-refractivity contribution in [3.8, 4) is 5.75 Å². The normalized spacial score (nSPS) is 27.7. The Morgan fingerprint density at radius 2 is 1.73 bits per heavy atom. The van der Waals surface area contributed by atoms with Gasteiger partial charge < -0.3 is 15.4 Å². The highest BCUT2D eigenvalue weighted by Crippen LogP contribution is 2.28. The minimum Gasteiger partial charge on any atom is -0.489 e. The van der Waals surface area contributed by atoms with Crippen LogP contribution in [0.2, 0.25) is 0 Å². The monoisotopic (exact) mass is 303 g/mol. The van der Waals surface area contributed by atoms with Gasteiger partial charge in [-0.15, -0.1) is 0 Å². The molecule has 1 saturated heterocycles. The summed E-state index contributed by atoms with van der Waals surface area (Å²) in [6.07, 6.45) is 5.41. The van der Waals surface area contributed by atoms with Crippen molar-refractivity contribution < 1.29 is 4.74 Å². The number of ether oxygens (including phenoxy) is 1. The Hall–Kier alpha value is -1.10. The first-order valence-electron chi connectivity index (χ1n) is 8.64. The van der Waals surface area contributed by atoms with Crippen molar-refractivity contribution in [3.63, 3.8) is 0 Å². The van der Waals surface area contributed by atoms with E-state index in [0.29, 0.717) is 18.7 Å². The van der Waals surface area contributed by atoms with Crippen LogP contribution < -0.4 is 10.5 Å². The molecule has 2 N–H and O–H groups in total. The second-order valence-electron chi connectivity index (χ2n) is 6.70. The summed E-state index contributed by atoms with van der Waals surface area (Å²) < 4.78 is 6.35. The van der Waals surface area contributed by atoms with E-state index in [9.17, 15) is 0 Å². The molecule has 2 atom stereocenters. The number of nitrogens with two attached hydrogens (primary N) is 1. The van der Waals surface area contributed by atoms with Crippen LogP contribution in [0.15, 0.2) is 24.3 Å². The molecule has 2 fully saturated rings. The molecule has 4 heteroatoms. The van der Waals surface area contributed by atoms with Gasteiger partial charge in [-0.1, -0.05) is 18.6 Å². The van der Waals surface area contributed by atoms with Crippen LogP contribution in [0.3, 0.4) is 0 Å². The standard InChI is InChI=1S/C18H29N3O/c1-20-10-12-21(13-11-20)17-4-2-3-5-18(17)22-16-8-6-15(14-19)7-9-16/h6-9,17-18H,2-5,10-14,19H2,1H3. The van der Waals surface area contributed by atoms with E-state index in [1.165, 1.54) is 51.9 Å². The van der Waals surface area contributed by atoms with Crippen molar-refractivity contribution in [2.75, 3.05) is 33.2 Å². The molecule has 2 aliphatic rings. The zero-order valence-electron chi connectivity index (χ0n) is 13.7. The lowest BCUT2D eigenvalue weighted by molar-refractivity contribution is 0.0130. The van der Waals surface area contributed by atoms with Crippen LogP contribution >= 0.6 is 0 Å². The Morgan fingerprint density at radius 3 is 2.41 bits per heavy atom. The molecule has 1 saturated carbocycles. The molecule has 4 nitrogen and oxygen atoms in total. The average molecular weight is 303 g/mol. The molecule has 1 aromatic rings. The van der Waals surface area contributed by atoms with Gasteiger partial charge in [0.2, 0.25) is 0 Å². The number of likely N-dealkylation sites (N-methyl/N-ethyl adjacent to an activating group) is 1. The maximum Gasteiger partial charge on any atom is 0.119 e. The van der Waals surface area contributed by atoms with Crippen molar-refractivity contribution >= 4 is 0 Å². The highest BCUT2D eigenvalue weighted by Gasteiger charge is 2.32. The predicted octanol–water partition coefficient (Wildman–Crippen LogP) is 2.08. The Kier molecular flexibility index (Phi) is 5.34. The van der Waals surface area contributed by atoms with E-state index in [1.54, 1.807) is 0 Å². The van der Waals surface area contributed by atoms with Crippen molar-refractivity contribution in [1.82, 2.24) is 9.80 Å². The molecule has 122 valence electrons. The molecule has 0 radical (unpaired) electrons. The minimum absolute atomic E-state index is 0.334. The topological polar surface area (TPSA) is 41.7 Å². The van der Waals surface area contributed by atoms with Crippen molar-refractivity contribution in [3.05, 3.63) is 29.8 Å². The van der Waals surface area contributed by atoms with Crippen LogP contribution in [-0.4, -0.2) is 55.2 Å². The van der Waals surface area contributed by atoms with Crippen LogP contribution in [0.25, 0.3) is 0 Å². The molecule has 0 amide bonds. The number of benzene rings is 1. The molecule has 1 aromatic carbocycles. The molecule has 3 rings (SSSR count). The van der Waals surface area contributed by atoms with Crippen molar-refractivity contribution in [2.24, 2.45) is 5.73 Å². The highest BCUT2D eigenvalue weighted by molar-refractivity contribution is 5.27. The van der Waals surface area contributed by atoms with Gasteiger partial charge in [-0.3, -0.25) is 4.90 Å². The average Bonchev–Trinajstić information content (AvgIpc) is 2.57. The fraction of sp³-hybridized carbons (Fsp3) is 0.667. The number of hydrogen-bond donors (Lipinski definition) is 1. The molecule has 1 heterocycles. The van der Waals surface area contributed by atoms with E-state index >= 15 is 0 Å². The smallest absolute Gasteiger partial charge is 0.119 e. The highest BCUT2D eigenvalue weighted by atomic mass is 16.5. The fourth-order valence-electron chi connectivity index (χ4n) is 3.66. The minimum atomic E-state index is 0.334. The molecule has 2 unspecified atom stereocenters. The van der Waals surface area contributed by atoms with E-state index in [-0.39, 0.29) is 0 Å². The van der Waals surface area contributed by atoms with Crippen LogP contribution in [0.4, 0.5) is 0 Å². The summed E-state index contributed by atoms with van der Waals surface area (Å²) in [5.41, 5.74) is 6.82. The number of nitrogens with zero attached hydrogens (tertiary/aromatic N) is 2. The number of rotatable bonds is 4. The van der Waals surface area contributed by atoms with Gasteiger partial charge in [0.15, 0.2) is 0 Å². The van der Waals surface area contributed by atoms with Gasteiger partial charge in [-0.25, -0.2) is 0 Å². The van der Waals surface area contributed by atoms with Crippen molar-refractivity contribution in [1.29, 1.82) is 0 Å². The van der Waals surface area contributed by atoms with Gasteiger partial charge in [-0.2, -0.15) is 0 Å². The molecule has 0 bridgehead atoms. The van der Waals surface area contributed by atoms with Crippen LogP contribution in [0.5, 0.6) is 5.75 Å². The SMILES string of the molecule is CN1CCN(C2CCCCC2Oc2ccc(CN)cc2)CC1. The third kappa shape index (κ3) is 3.80. The largest absolute Gasteiger partial charge is 0.489 e. The van der Waals surface area contributed by atoms with Crippen LogP contribution in [-0.2, 0) is 6.54 Å². The lowest BCUT2D eigenvalue weighted by Crippen LogP contribution is -2.54. The molecular weight excluding hydrogens is 274 g/mol. The molecule has 1 aliphatic carbocycles. The van der Waals surface area contributed by atoms with E-state index in [4.69, 9.17) is 10.5 Å². The Balaban J connectivity index is 1.64. The lowest BCUT2D eigenvalue weighted by Gasteiger charge is -2.43. The van der Waals surface area contributed by atoms with Gasteiger partial charge >= 0.3 is 0 Å². The van der Waals surface area contributed by atoms with Gasteiger partial charge in [-0.05, 0) is 44.0 Å². The second kappa shape index (κ2) is 7.44.